The van der Waals surface area contributed by atoms with Gasteiger partial charge in [-0.15, -0.1) is 0 Å². The molecule has 52 heavy (non-hydrogen) atoms. The summed E-state index contributed by atoms with van der Waals surface area (Å²) in [5.74, 6) is -1.69. The van der Waals surface area contributed by atoms with Crippen molar-refractivity contribution in [3.8, 4) is 0 Å². The maximum absolute atomic E-state index is 13.5. The lowest BCUT2D eigenvalue weighted by Gasteiger charge is -2.30. The number of carbonyl (C=O) groups is 6. The van der Waals surface area contributed by atoms with E-state index in [1.54, 1.807) is 0 Å². The van der Waals surface area contributed by atoms with Crippen LogP contribution < -0.4 is 21.3 Å². The Morgan fingerprint density at radius 3 is 1.38 bits per heavy atom. The van der Waals surface area contributed by atoms with Crippen LogP contribution in [-0.2, 0) is 35.7 Å². The molecule has 4 N–H and O–H groups in total. The van der Waals surface area contributed by atoms with Crippen LogP contribution in [0.25, 0.3) is 21.8 Å². The van der Waals surface area contributed by atoms with Crippen molar-refractivity contribution in [1.82, 2.24) is 25.0 Å². The fraction of sp³-hybridized carbons (Fsp3) is 0.514. The van der Waals surface area contributed by atoms with Gasteiger partial charge in [0.25, 0.3) is 0 Å². The van der Waals surface area contributed by atoms with Crippen molar-refractivity contribution in [1.29, 1.82) is 0 Å². The van der Waals surface area contributed by atoms with E-state index in [4.69, 9.17) is 9.47 Å². The van der Waals surface area contributed by atoms with Crippen LogP contribution in [0.2, 0.25) is 0 Å². The molecule has 2 fully saturated rings. The first-order valence-corrected chi connectivity index (χ1v) is 17.7. The summed E-state index contributed by atoms with van der Waals surface area (Å²) in [6, 6.07) is 8.21. The normalized spacial score (nSPS) is 18.4. The van der Waals surface area contributed by atoms with Crippen LogP contribution in [0.3, 0.4) is 0 Å². The lowest BCUT2D eigenvalue weighted by Crippen LogP contribution is -2.54. The van der Waals surface area contributed by atoms with E-state index in [-0.39, 0.29) is 35.5 Å². The maximum Gasteiger partial charge on any atom is 0.407 e. The Morgan fingerprint density at radius 2 is 1.04 bits per heavy atom. The smallest absolute Gasteiger partial charge is 0.407 e. The van der Waals surface area contributed by atoms with Crippen molar-refractivity contribution >= 4 is 69.0 Å². The predicted molar refractivity (Wildman–Crippen MR) is 195 cm³/mol. The van der Waals surface area contributed by atoms with Crippen molar-refractivity contribution in [3.05, 3.63) is 36.4 Å². The molecule has 0 spiro atoms. The number of nitrogens with zero attached hydrogens (tertiary/aromatic N) is 3. The molecule has 1 aromatic heterocycles. The summed E-state index contributed by atoms with van der Waals surface area (Å²) in [5, 5.41) is 13.1. The fourth-order valence-electron chi connectivity index (χ4n) is 7.17. The third-order valence-corrected chi connectivity index (χ3v) is 10.0. The van der Waals surface area contributed by atoms with E-state index in [9.17, 15) is 28.8 Å². The van der Waals surface area contributed by atoms with Crippen LogP contribution in [0, 0.1) is 11.8 Å². The number of nitrogens with one attached hydrogen (secondary N) is 4. The van der Waals surface area contributed by atoms with E-state index in [0.29, 0.717) is 50.1 Å². The molecule has 0 aliphatic carbocycles. The molecule has 4 atom stereocenters. The number of anilines is 2. The number of benzene rings is 2. The number of alkyl carbamates (subject to hydrolysis) is 2. The molecule has 0 radical (unpaired) electrons. The summed E-state index contributed by atoms with van der Waals surface area (Å²) in [7, 11) is 4.37. The largest absolute Gasteiger partial charge is 0.453 e. The molecule has 3 heterocycles. The summed E-state index contributed by atoms with van der Waals surface area (Å²) < 4.78 is 11.4. The SMILES string of the molecule is COC(=O)NC(C(=O)N1CCC[C@H]1C(=O)Nc1ccc2c3ccc(NC(=O)[C@@H]4CCCN4C(=O)C(NC(=O)OC)C(C)C)cc3n(C)c2c1)C(C)C. The van der Waals surface area contributed by atoms with Gasteiger partial charge in [0.1, 0.15) is 24.2 Å². The van der Waals surface area contributed by atoms with Crippen LogP contribution in [0.1, 0.15) is 53.4 Å². The van der Waals surface area contributed by atoms with Crippen LogP contribution in [0.4, 0.5) is 21.0 Å². The van der Waals surface area contributed by atoms with Crippen molar-refractivity contribution < 1.29 is 38.2 Å². The second-order valence-electron chi connectivity index (χ2n) is 14.1. The first-order chi connectivity index (χ1) is 24.7. The maximum atomic E-state index is 13.5. The molecule has 0 bridgehead atoms. The number of rotatable bonds is 10. The Bertz CT molecular complexity index is 1740. The highest BCUT2D eigenvalue weighted by Gasteiger charge is 2.40. The Hall–Kier alpha value is -5.34. The van der Waals surface area contributed by atoms with Crippen LogP contribution >= 0.6 is 0 Å². The zero-order valence-corrected chi connectivity index (χ0v) is 30.8. The van der Waals surface area contributed by atoms with Crippen molar-refractivity contribution in [3.63, 3.8) is 0 Å². The van der Waals surface area contributed by atoms with Gasteiger partial charge in [-0.1, -0.05) is 39.8 Å². The summed E-state index contributed by atoms with van der Waals surface area (Å²) in [5.41, 5.74) is 2.83. The number of aryl methyl sites for hydroxylation is 1. The van der Waals surface area contributed by atoms with Crippen LogP contribution in [-0.4, -0.2) is 102 Å². The number of hydrogen-bond donors (Lipinski definition) is 4. The van der Waals surface area contributed by atoms with Gasteiger partial charge >= 0.3 is 12.2 Å². The van der Waals surface area contributed by atoms with E-state index in [2.05, 4.69) is 21.3 Å². The number of ether oxygens (including phenoxy) is 2. The van der Waals surface area contributed by atoms with Crippen molar-refractivity contribution in [2.75, 3.05) is 37.9 Å². The quantitative estimate of drug-likeness (QED) is 0.243. The van der Waals surface area contributed by atoms with Crippen molar-refractivity contribution in [2.45, 2.75) is 77.5 Å². The third-order valence-electron chi connectivity index (χ3n) is 10.0. The number of carbonyl (C=O) groups excluding carboxylic acids is 6. The molecule has 2 aliphatic rings. The molecule has 2 unspecified atom stereocenters. The molecular weight excluding hydrogens is 670 g/mol. The summed E-state index contributed by atoms with van der Waals surface area (Å²) >= 11 is 0. The average Bonchev–Trinajstić information content (AvgIpc) is 3.87. The van der Waals surface area contributed by atoms with E-state index >= 15 is 0 Å². The van der Waals surface area contributed by atoms with Gasteiger partial charge in [0.15, 0.2) is 0 Å². The Kier molecular flexibility index (Phi) is 11.6. The Morgan fingerprint density at radius 1 is 0.654 bits per heavy atom. The minimum Gasteiger partial charge on any atom is -0.453 e. The van der Waals surface area contributed by atoms with Crippen LogP contribution in [0.5, 0.6) is 0 Å². The van der Waals surface area contributed by atoms with Crippen LogP contribution in [0.15, 0.2) is 36.4 Å². The van der Waals surface area contributed by atoms with Gasteiger partial charge < -0.3 is 45.1 Å². The summed E-state index contributed by atoms with van der Waals surface area (Å²) in [6.45, 7) is 8.10. The molecule has 2 aliphatic heterocycles. The standard InChI is InChI=1S/C37H49N7O8/c1-20(2)30(40-36(49)51-6)34(47)43-16-8-10-26(43)32(45)38-22-12-14-24-25-15-13-23(19-29(25)42(5)28(24)18-22)39-33(46)27-11-9-17-44(27)35(48)31(21(3)4)41-37(50)52-7/h12-15,18-21,26-27,30-31H,8-11,16-17H2,1-7H3,(H,38,45)(H,39,46)(H,40,49)(H,41,50)/t26-,27-,30?,31?/m0/s1. The molecule has 280 valence electrons. The van der Waals surface area contributed by atoms with Gasteiger partial charge in [-0.05, 0) is 61.8 Å². The van der Waals surface area contributed by atoms with Gasteiger partial charge in [-0.2, -0.15) is 0 Å². The first-order valence-electron chi connectivity index (χ1n) is 17.7. The summed E-state index contributed by atoms with van der Waals surface area (Å²) in [6.07, 6.45) is 0.913. The van der Waals surface area contributed by atoms with Crippen molar-refractivity contribution in [2.24, 2.45) is 18.9 Å². The Labute approximate surface area is 302 Å². The number of aromatic nitrogens is 1. The lowest BCUT2D eigenvalue weighted by atomic mass is 10.0. The van der Waals surface area contributed by atoms with Gasteiger partial charge in [-0.25, -0.2) is 9.59 Å². The topological polar surface area (TPSA) is 180 Å². The molecule has 15 nitrogen and oxygen atoms in total. The second-order valence-corrected chi connectivity index (χ2v) is 14.1. The van der Waals surface area contributed by atoms with E-state index in [1.807, 2.05) is 75.7 Å². The zero-order valence-electron chi connectivity index (χ0n) is 30.8. The monoisotopic (exact) mass is 719 g/mol. The van der Waals surface area contributed by atoms with Gasteiger partial charge in [-0.3, -0.25) is 19.2 Å². The lowest BCUT2D eigenvalue weighted by molar-refractivity contribution is -0.139. The molecule has 3 aromatic rings. The molecule has 15 heteroatoms. The first kappa shape index (κ1) is 37.9. The highest BCUT2D eigenvalue weighted by molar-refractivity contribution is 6.11. The highest BCUT2D eigenvalue weighted by Crippen LogP contribution is 2.33. The third kappa shape index (κ3) is 7.77. The van der Waals surface area contributed by atoms with E-state index in [0.717, 1.165) is 21.8 Å². The minimum absolute atomic E-state index is 0.209. The molecule has 6 amide bonds. The number of likely N-dealkylation sites (tertiary alicyclic amines) is 2. The predicted octanol–water partition coefficient (Wildman–Crippen LogP) is 3.95. The Balaban J connectivity index is 1.30. The van der Waals surface area contributed by atoms with Gasteiger partial charge in [0.2, 0.25) is 23.6 Å². The second kappa shape index (κ2) is 15.9. The van der Waals surface area contributed by atoms with E-state index < -0.39 is 36.4 Å². The number of methoxy groups -OCH3 is 2. The molecule has 5 rings (SSSR count). The minimum atomic E-state index is -0.824. The average molecular weight is 720 g/mol. The molecule has 2 aromatic carbocycles. The number of fused-ring (bicyclic) bond motifs is 3. The zero-order chi connectivity index (χ0) is 37.9. The van der Waals surface area contributed by atoms with E-state index in [1.165, 1.54) is 24.0 Å². The molecule has 0 saturated carbocycles. The summed E-state index contributed by atoms with van der Waals surface area (Å²) in [4.78, 5) is 80.8. The number of hydrogen-bond acceptors (Lipinski definition) is 8. The molecular formula is C37H49N7O8. The fourth-order valence-corrected chi connectivity index (χ4v) is 7.17. The van der Waals surface area contributed by atoms with Gasteiger partial charge in [0, 0.05) is 42.3 Å². The van der Waals surface area contributed by atoms with Gasteiger partial charge in [0.05, 0.1) is 25.3 Å². The number of amides is 6. The highest BCUT2D eigenvalue weighted by atomic mass is 16.5. The molecule has 2 saturated heterocycles.